The van der Waals surface area contributed by atoms with Gasteiger partial charge in [-0.25, -0.2) is 0 Å². The fourth-order valence-electron chi connectivity index (χ4n) is 5.54. The maximum atomic E-state index is 13.5. The van der Waals surface area contributed by atoms with Crippen LogP contribution in [-0.4, -0.2) is 51.5 Å². The summed E-state index contributed by atoms with van der Waals surface area (Å²) >= 11 is 6.04. The number of aromatic nitrogens is 1. The van der Waals surface area contributed by atoms with Gasteiger partial charge in [0.15, 0.2) is 0 Å². The first-order chi connectivity index (χ1) is 14.9. The van der Waals surface area contributed by atoms with Crippen LogP contribution < -0.4 is 0 Å². The lowest BCUT2D eigenvalue weighted by atomic mass is 9.79. The van der Waals surface area contributed by atoms with Crippen LogP contribution in [0.1, 0.15) is 36.2 Å². The highest BCUT2D eigenvalue weighted by atomic mass is 35.5. The Kier molecular flexibility index (Phi) is 5.29. The van der Waals surface area contributed by atoms with Crippen LogP contribution in [0.5, 0.6) is 0 Å². The molecule has 4 atom stereocenters. The van der Waals surface area contributed by atoms with E-state index in [1.165, 1.54) is 10.9 Å². The van der Waals surface area contributed by atoms with Crippen LogP contribution in [-0.2, 0) is 17.8 Å². The smallest absolute Gasteiger partial charge is 0.230 e. The number of nitrogens with zero attached hydrogens (tertiary/aromatic N) is 2. The molecule has 0 radical (unpaired) electrons. The normalized spacial score (nSPS) is 24.4. The highest BCUT2D eigenvalue weighted by Gasteiger charge is 2.48. The van der Waals surface area contributed by atoms with E-state index in [4.69, 9.17) is 11.6 Å². The molecule has 2 aliphatic rings. The summed E-state index contributed by atoms with van der Waals surface area (Å²) in [6.45, 7) is 3.14. The van der Waals surface area contributed by atoms with Gasteiger partial charge < -0.3 is 15.0 Å². The van der Waals surface area contributed by atoms with E-state index < -0.39 is 12.0 Å². The summed E-state index contributed by atoms with van der Waals surface area (Å²) in [6.07, 6.45) is 0.945. The molecule has 6 heteroatoms. The van der Waals surface area contributed by atoms with Crippen LogP contribution in [0.3, 0.4) is 0 Å². The SMILES string of the molecule is C[C@@H](O)[C@H]1C(=O)N2CCc3c([nH]c4ccccc34)[C@H]2C[C@H]1N(C)Cc1ccc(Cl)cc1. The van der Waals surface area contributed by atoms with E-state index >= 15 is 0 Å². The Morgan fingerprint density at radius 2 is 1.97 bits per heavy atom. The maximum Gasteiger partial charge on any atom is 0.230 e. The molecule has 0 aliphatic carbocycles. The third-order valence-corrected chi connectivity index (χ3v) is 7.29. The van der Waals surface area contributed by atoms with Gasteiger partial charge >= 0.3 is 0 Å². The number of piperidine rings is 1. The zero-order valence-corrected chi connectivity index (χ0v) is 18.6. The minimum Gasteiger partial charge on any atom is -0.393 e. The van der Waals surface area contributed by atoms with Gasteiger partial charge in [-0.3, -0.25) is 9.69 Å². The van der Waals surface area contributed by atoms with Crippen molar-refractivity contribution in [2.45, 2.75) is 44.5 Å². The molecule has 5 nitrogen and oxygen atoms in total. The molecule has 0 bridgehead atoms. The fourth-order valence-corrected chi connectivity index (χ4v) is 5.66. The van der Waals surface area contributed by atoms with Gasteiger partial charge in [-0.05, 0) is 56.1 Å². The number of hydrogen-bond acceptors (Lipinski definition) is 3. The highest BCUT2D eigenvalue weighted by molar-refractivity contribution is 6.30. The lowest BCUT2D eigenvalue weighted by molar-refractivity contribution is -0.153. The second kappa shape index (κ2) is 7.97. The molecule has 3 heterocycles. The van der Waals surface area contributed by atoms with Gasteiger partial charge in [-0.1, -0.05) is 41.9 Å². The molecular weight excluding hydrogens is 410 g/mol. The molecule has 1 amide bonds. The molecule has 162 valence electrons. The molecule has 31 heavy (non-hydrogen) atoms. The first-order valence-electron chi connectivity index (χ1n) is 11.0. The summed E-state index contributed by atoms with van der Waals surface area (Å²) in [4.78, 5) is 21.4. The Bertz CT molecular complexity index is 1110. The number of carbonyl (C=O) groups excluding carboxylic acids is 1. The van der Waals surface area contributed by atoms with Gasteiger partial charge in [0.25, 0.3) is 0 Å². The third-order valence-electron chi connectivity index (χ3n) is 7.04. The Balaban J connectivity index is 1.49. The summed E-state index contributed by atoms with van der Waals surface area (Å²) in [7, 11) is 2.05. The van der Waals surface area contributed by atoms with Gasteiger partial charge in [-0.15, -0.1) is 0 Å². The van der Waals surface area contributed by atoms with Crippen LogP contribution in [0.15, 0.2) is 48.5 Å². The molecule has 1 fully saturated rings. The van der Waals surface area contributed by atoms with E-state index in [0.29, 0.717) is 18.1 Å². The van der Waals surface area contributed by atoms with Crippen LogP contribution in [0, 0.1) is 5.92 Å². The minimum absolute atomic E-state index is 0.0105. The summed E-state index contributed by atoms with van der Waals surface area (Å²) in [5.74, 6) is -0.372. The fraction of sp³-hybridized carbons (Fsp3) is 0.400. The number of aromatic amines is 1. The molecule has 3 aromatic rings. The predicted octanol–water partition coefficient (Wildman–Crippen LogP) is 4.15. The van der Waals surface area contributed by atoms with Crippen molar-refractivity contribution in [2.75, 3.05) is 13.6 Å². The van der Waals surface area contributed by atoms with Crippen molar-refractivity contribution in [3.8, 4) is 0 Å². The Labute approximate surface area is 187 Å². The summed E-state index contributed by atoms with van der Waals surface area (Å²) < 4.78 is 0. The number of aliphatic hydroxyl groups is 1. The first-order valence-corrected chi connectivity index (χ1v) is 11.3. The molecule has 2 aromatic carbocycles. The quantitative estimate of drug-likeness (QED) is 0.644. The number of aliphatic hydroxyl groups excluding tert-OH is 1. The van der Waals surface area contributed by atoms with Crippen LogP contribution >= 0.6 is 11.6 Å². The Hall–Kier alpha value is -2.34. The van der Waals surface area contributed by atoms with Gasteiger partial charge in [0, 0.05) is 40.8 Å². The molecular formula is C25H28ClN3O2. The average Bonchev–Trinajstić information content (AvgIpc) is 3.14. The van der Waals surface area contributed by atoms with Crippen molar-refractivity contribution in [3.63, 3.8) is 0 Å². The molecule has 2 aliphatic heterocycles. The number of carbonyl (C=O) groups is 1. The van der Waals surface area contributed by atoms with Crippen molar-refractivity contribution in [2.24, 2.45) is 5.92 Å². The molecule has 0 spiro atoms. The number of rotatable bonds is 4. The lowest BCUT2D eigenvalue weighted by Crippen LogP contribution is -2.58. The number of nitrogens with one attached hydrogen (secondary N) is 1. The largest absolute Gasteiger partial charge is 0.393 e. The molecule has 2 N–H and O–H groups in total. The number of benzene rings is 2. The van der Waals surface area contributed by atoms with Crippen LogP contribution in [0.25, 0.3) is 10.9 Å². The maximum absolute atomic E-state index is 13.5. The van der Waals surface area contributed by atoms with Crippen molar-refractivity contribution < 1.29 is 9.90 Å². The standard InChI is InChI=1S/C25H28ClN3O2/c1-15(30)23-21(28(2)14-16-7-9-17(26)10-8-16)13-22-24-19(11-12-29(22)25(23)31)18-5-3-4-6-20(18)27-24/h3-10,15,21-23,27,30H,11-14H2,1-2H3/t15-,21-,22-,23-/m1/s1. The van der Waals surface area contributed by atoms with Crippen LogP contribution in [0.4, 0.5) is 0 Å². The molecule has 0 saturated carbocycles. The zero-order chi connectivity index (χ0) is 21.7. The Morgan fingerprint density at radius 3 is 2.71 bits per heavy atom. The molecule has 1 aromatic heterocycles. The van der Waals surface area contributed by atoms with Gasteiger partial charge in [0.2, 0.25) is 5.91 Å². The monoisotopic (exact) mass is 437 g/mol. The van der Waals surface area contributed by atoms with E-state index in [0.717, 1.165) is 29.6 Å². The van der Waals surface area contributed by atoms with E-state index in [1.807, 2.05) is 42.3 Å². The van der Waals surface area contributed by atoms with E-state index in [1.54, 1.807) is 6.92 Å². The Morgan fingerprint density at radius 1 is 1.23 bits per heavy atom. The number of H-pyrrole nitrogens is 1. The van der Waals surface area contributed by atoms with E-state index in [-0.39, 0.29) is 18.0 Å². The van der Waals surface area contributed by atoms with Crippen LogP contribution in [0.2, 0.25) is 5.02 Å². The second-order valence-electron chi connectivity index (χ2n) is 8.97. The number of halogens is 1. The second-order valence-corrected chi connectivity index (χ2v) is 9.41. The zero-order valence-electron chi connectivity index (χ0n) is 17.9. The summed E-state index contributed by atoms with van der Waals surface area (Å²) in [5, 5.41) is 12.5. The van der Waals surface area contributed by atoms with Crippen molar-refractivity contribution in [1.29, 1.82) is 0 Å². The van der Waals surface area contributed by atoms with Crippen molar-refractivity contribution >= 4 is 28.4 Å². The average molecular weight is 438 g/mol. The minimum atomic E-state index is -0.699. The topological polar surface area (TPSA) is 59.6 Å². The molecule has 5 rings (SSSR count). The first kappa shape index (κ1) is 20.6. The third kappa shape index (κ3) is 3.55. The molecule has 1 saturated heterocycles. The summed E-state index contributed by atoms with van der Waals surface area (Å²) in [5.41, 5.74) is 4.76. The highest BCUT2D eigenvalue weighted by Crippen LogP contribution is 2.43. The summed E-state index contributed by atoms with van der Waals surface area (Å²) in [6, 6.07) is 16.1. The van der Waals surface area contributed by atoms with Gasteiger partial charge in [0.05, 0.1) is 18.1 Å². The van der Waals surface area contributed by atoms with E-state index in [9.17, 15) is 9.90 Å². The lowest BCUT2D eigenvalue weighted by Gasteiger charge is -2.49. The van der Waals surface area contributed by atoms with E-state index in [2.05, 4.69) is 28.1 Å². The number of amides is 1. The van der Waals surface area contributed by atoms with Crippen molar-refractivity contribution in [1.82, 2.24) is 14.8 Å². The molecule has 0 unspecified atom stereocenters. The van der Waals surface area contributed by atoms with Gasteiger partial charge in [-0.2, -0.15) is 0 Å². The van der Waals surface area contributed by atoms with Gasteiger partial charge in [0.1, 0.15) is 0 Å². The number of fused-ring (bicyclic) bond motifs is 5. The number of hydrogen-bond donors (Lipinski definition) is 2. The number of para-hydroxylation sites is 1. The predicted molar refractivity (Wildman–Crippen MR) is 123 cm³/mol. The van der Waals surface area contributed by atoms with Crippen molar-refractivity contribution in [3.05, 3.63) is 70.4 Å².